The van der Waals surface area contributed by atoms with Gasteiger partial charge in [0.25, 0.3) is 11.1 Å². The molecule has 0 unspecified atom stereocenters. The van der Waals surface area contributed by atoms with Gasteiger partial charge in [0, 0.05) is 30.3 Å². The molecule has 0 bridgehead atoms. The highest BCUT2D eigenvalue weighted by Gasteiger charge is 2.38. The highest BCUT2D eigenvalue weighted by atomic mass is 32.2. The minimum absolute atomic E-state index is 0.0657. The summed E-state index contributed by atoms with van der Waals surface area (Å²) in [6, 6.07) is 14.9. The lowest BCUT2D eigenvalue weighted by molar-refractivity contribution is -0.126. The van der Waals surface area contributed by atoms with Crippen LogP contribution in [0.5, 0.6) is 0 Å². The van der Waals surface area contributed by atoms with E-state index in [0.29, 0.717) is 42.8 Å². The number of carbonyl (C=O) groups is 3. The van der Waals surface area contributed by atoms with Crippen molar-refractivity contribution < 1.29 is 18.9 Å². The van der Waals surface area contributed by atoms with Crippen molar-refractivity contribution in [3.8, 4) is 11.3 Å². The predicted molar refractivity (Wildman–Crippen MR) is 113 cm³/mol. The van der Waals surface area contributed by atoms with Crippen LogP contribution < -0.4 is 0 Å². The summed E-state index contributed by atoms with van der Waals surface area (Å²) in [5.41, 5.74) is 2.18. The average Bonchev–Trinajstić information content (AvgIpc) is 3.36. The van der Waals surface area contributed by atoms with Crippen LogP contribution in [0.1, 0.15) is 23.2 Å². The maximum Gasteiger partial charge on any atom is 0.289 e. The number of aromatic nitrogens is 1. The van der Waals surface area contributed by atoms with Gasteiger partial charge in [0.2, 0.25) is 5.91 Å². The van der Waals surface area contributed by atoms with Crippen LogP contribution in [0.4, 0.5) is 4.79 Å². The third-order valence-corrected chi connectivity index (χ3v) is 6.50. The van der Waals surface area contributed by atoms with Crippen molar-refractivity contribution in [2.24, 2.45) is 0 Å². The molecule has 0 atom stereocenters. The summed E-state index contributed by atoms with van der Waals surface area (Å²) in [5.74, 6) is 0.674. The maximum absolute atomic E-state index is 13.1. The lowest BCUT2D eigenvalue weighted by Crippen LogP contribution is -2.48. The summed E-state index contributed by atoms with van der Waals surface area (Å²) in [7, 11) is 0. The first kappa shape index (κ1) is 18.9. The zero-order chi connectivity index (χ0) is 20.7. The molecule has 152 valence electrons. The van der Waals surface area contributed by atoms with Gasteiger partial charge in [-0.1, -0.05) is 47.3 Å². The van der Waals surface area contributed by atoms with Crippen molar-refractivity contribution in [3.63, 3.8) is 0 Å². The molecule has 3 amide bonds. The monoisotopic (exact) mass is 421 g/mol. The number of hydrogen-bond donors (Lipinski definition) is 0. The van der Waals surface area contributed by atoms with Gasteiger partial charge in [0.05, 0.1) is 11.1 Å². The van der Waals surface area contributed by atoms with E-state index in [2.05, 4.69) is 5.16 Å². The van der Waals surface area contributed by atoms with Crippen LogP contribution in [0, 0.1) is 0 Å². The Balaban J connectivity index is 1.34. The Morgan fingerprint density at radius 2 is 1.83 bits per heavy atom. The highest BCUT2D eigenvalue weighted by Crippen LogP contribution is 2.30. The summed E-state index contributed by atoms with van der Waals surface area (Å²) in [5, 5.41) is 4.73. The van der Waals surface area contributed by atoms with E-state index in [1.807, 2.05) is 36.4 Å². The summed E-state index contributed by atoms with van der Waals surface area (Å²) < 4.78 is 5.53. The molecule has 2 fully saturated rings. The van der Waals surface area contributed by atoms with Gasteiger partial charge in [-0.2, -0.15) is 0 Å². The number of benzene rings is 2. The van der Waals surface area contributed by atoms with Crippen LogP contribution in [-0.4, -0.2) is 56.9 Å². The Labute approximate surface area is 177 Å². The summed E-state index contributed by atoms with van der Waals surface area (Å²) in [6.07, 6.45) is 1.21. The van der Waals surface area contributed by atoms with E-state index in [0.717, 1.165) is 22.7 Å². The van der Waals surface area contributed by atoms with Gasteiger partial charge in [-0.15, -0.1) is 0 Å². The highest BCUT2D eigenvalue weighted by molar-refractivity contribution is 8.14. The van der Waals surface area contributed by atoms with Crippen LogP contribution >= 0.6 is 11.8 Å². The fourth-order valence-corrected chi connectivity index (χ4v) is 4.88. The third-order valence-electron chi connectivity index (χ3n) is 5.66. The molecule has 0 aliphatic carbocycles. The van der Waals surface area contributed by atoms with E-state index >= 15 is 0 Å². The minimum atomic E-state index is -0.170. The van der Waals surface area contributed by atoms with Gasteiger partial charge in [-0.05, 0) is 31.0 Å². The summed E-state index contributed by atoms with van der Waals surface area (Å²) >= 11 is 1.05. The smallest absolute Gasteiger partial charge is 0.289 e. The van der Waals surface area contributed by atoms with Crippen molar-refractivity contribution in [2.75, 3.05) is 18.8 Å². The molecule has 3 aromatic rings. The summed E-state index contributed by atoms with van der Waals surface area (Å²) in [6.45, 7) is 1.02. The molecule has 1 aromatic heterocycles. The second kappa shape index (κ2) is 7.60. The number of hydrogen-bond acceptors (Lipinski definition) is 6. The van der Waals surface area contributed by atoms with Crippen LogP contribution in [0.3, 0.4) is 0 Å². The quantitative estimate of drug-likeness (QED) is 0.640. The zero-order valence-corrected chi connectivity index (χ0v) is 16.9. The molecule has 2 aliphatic heterocycles. The second-order valence-corrected chi connectivity index (χ2v) is 8.38. The van der Waals surface area contributed by atoms with Gasteiger partial charge in [-0.25, -0.2) is 0 Å². The second-order valence-electron chi connectivity index (χ2n) is 7.45. The molecule has 7 nitrogen and oxygen atoms in total. The molecular formula is C22H19N3O4S. The normalized spacial score (nSPS) is 17.9. The molecule has 2 saturated heterocycles. The van der Waals surface area contributed by atoms with E-state index in [4.69, 9.17) is 4.52 Å². The Kier molecular flexibility index (Phi) is 4.78. The Bertz CT molecular complexity index is 1120. The first-order valence-electron chi connectivity index (χ1n) is 9.85. The fourth-order valence-electron chi connectivity index (χ4n) is 4.10. The van der Waals surface area contributed by atoms with Crippen molar-refractivity contribution in [1.82, 2.24) is 15.0 Å². The average molecular weight is 421 g/mol. The molecule has 0 N–H and O–H groups in total. The first-order chi connectivity index (χ1) is 14.6. The molecule has 0 saturated carbocycles. The number of nitrogens with zero attached hydrogens (tertiary/aromatic N) is 3. The molecule has 2 aliphatic rings. The van der Waals surface area contributed by atoms with E-state index in [1.165, 1.54) is 4.90 Å². The maximum atomic E-state index is 13.1. The van der Waals surface area contributed by atoms with Crippen LogP contribution in [0.15, 0.2) is 53.1 Å². The lowest BCUT2D eigenvalue weighted by atomic mass is 10.0. The third kappa shape index (κ3) is 3.27. The molecule has 30 heavy (non-hydrogen) atoms. The molecule has 8 heteroatoms. The Morgan fingerprint density at radius 3 is 2.53 bits per heavy atom. The largest absolute Gasteiger partial charge is 0.355 e. The molecule has 5 rings (SSSR count). The summed E-state index contributed by atoms with van der Waals surface area (Å²) in [4.78, 5) is 40.2. The topological polar surface area (TPSA) is 83.7 Å². The van der Waals surface area contributed by atoms with Gasteiger partial charge >= 0.3 is 0 Å². The van der Waals surface area contributed by atoms with Crippen LogP contribution in [0.2, 0.25) is 0 Å². The molecule has 3 heterocycles. The van der Waals surface area contributed by atoms with Gasteiger partial charge in [0.1, 0.15) is 5.52 Å². The molecule has 0 spiro atoms. The van der Waals surface area contributed by atoms with Crippen molar-refractivity contribution in [3.05, 3.63) is 54.1 Å². The van der Waals surface area contributed by atoms with Gasteiger partial charge in [-0.3, -0.25) is 19.3 Å². The number of fused-ring (bicyclic) bond motifs is 1. The number of rotatable bonds is 3. The van der Waals surface area contributed by atoms with Crippen LogP contribution in [-0.2, 0) is 4.79 Å². The van der Waals surface area contributed by atoms with E-state index in [9.17, 15) is 14.4 Å². The molecule has 0 radical (unpaired) electrons. The Morgan fingerprint density at radius 1 is 1.07 bits per heavy atom. The fraction of sp³-hybridized carbons (Fsp3) is 0.273. The van der Waals surface area contributed by atoms with Crippen LogP contribution in [0.25, 0.3) is 22.2 Å². The van der Waals surface area contributed by atoms with Gasteiger partial charge in [0.15, 0.2) is 5.76 Å². The number of thioether (sulfide) groups is 1. The SMILES string of the molecule is O=C(c1ccc2noc(-c3ccccc3)c2c1)N1CCC(N2C(=O)CSC2=O)CC1. The number of amides is 3. The number of carbonyl (C=O) groups excluding carboxylic acids is 3. The van der Waals surface area contributed by atoms with Crippen molar-refractivity contribution in [2.45, 2.75) is 18.9 Å². The van der Waals surface area contributed by atoms with Gasteiger partial charge < -0.3 is 9.42 Å². The van der Waals surface area contributed by atoms with E-state index < -0.39 is 0 Å². The Hall–Kier alpha value is -3.13. The van der Waals surface area contributed by atoms with E-state index in [1.54, 1.807) is 17.0 Å². The zero-order valence-electron chi connectivity index (χ0n) is 16.1. The van der Waals surface area contributed by atoms with E-state index in [-0.39, 0.29) is 28.8 Å². The molecule has 2 aromatic carbocycles. The number of likely N-dealkylation sites (tertiary alicyclic amines) is 1. The lowest BCUT2D eigenvalue weighted by Gasteiger charge is -2.35. The molecular weight excluding hydrogens is 402 g/mol. The number of imide groups is 1. The number of piperidine rings is 1. The standard InChI is InChI=1S/C22H19N3O4S/c26-19-13-30-22(28)25(19)16-8-10-24(11-9-16)21(27)15-6-7-18-17(12-15)20(29-23-18)14-4-2-1-3-5-14/h1-7,12,16H,8-11,13H2. The van der Waals surface area contributed by atoms with Crippen molar-refractivity contribution in [1.29, 1.82) is 0 Å². The minimum Gasteiger partial charge on any atom is -0.355 e. The first-order valence-corrected chi connectivity index (χ1v) is 10.8. The van der Waals surface area contributed by atoms with Crippen molar-refractivity contribution >= 4 is 39.7 Å². The predicted octanol–water partition coefficient (Wildman–Crippen LogP) is 3.79.